The van der Waals surface area contributed by atoms with E-state index in [2.05, 4.69) is 18.7 Å². The van der Waals surface area contributed by atoms with Crippen molar-refractivity contribution >= 4 is 28.4 Å². The molecule has 2 aliphatic carbocycles. The van der Waals surface area contributed by atoms with Gasteiger partial charge in [0.1, 0.15) is 0 Å². The van der Waals surface area contributed by atoms with Crippen LogP contribution in [0.25, 0.3) is 0 Å². The number of allylic oxidation sites excluding steroid dienone is 4. The molecule has 2 aliphatic rings. The van der Waals surface area contributed by atoms with Gasteiger partial charge in [0.05, 0.1) is 0 Å². The maximum absolute atomic E-state index is 2.46. The molecule has 0 fully saturated rings. The van der Waals surface area contributed by atoms with Gasteiger partial charge >= 0.3 is 18.9 Å². The minimum absolute atomic E-state index is 0. The van der Waals surface area contributed by atoms with Gasteiger partial charge in [0.15, 0.2) is 0 Å². The summed E-state index contributed by atoms with van der Waals surface area (Å²) in [5.74, 6) is 0. The van der Waals surface area contributed by atoms with Gasteiger partial charge in [0.25, 0.3) is 0 Å². The van der Waals surface area contributed by atoms with Crippen molar-refractivity contribution in [1.82, 2.24) is 0 Å². The Bertz CT molecular complexity index is 218. The Balaban J connectivity index is 0.000000720. The molecular formula is C10H17LiSi. The van der Waals surface area contributed by atoms with Crippen molar-refractivity contribution in [3.8, 4) is 0 Å². The van der Waals surface area contributed by atoms with Gasteiger partial charge in [-0.15, -0.1) is 0 Å². The molecule has 2 heteroatoms. The average Bonchev–Trinajstić information content (AvgIpc) is 2.47. The van der Waals surface area contributed by atoms with Gasteiger partial charge in [-0.25, -0.2) is 0 Å². The Hall–Kier alpha value is 0.294. The molecule has 1 atom stereocenters. The van der Waals surface area contributed by atoms with Gasteiger partial charge in [-0.3, -0.25) is 0 Å². The zero-order chi connectivity index (χ0) is 7.68. The second-order valence-corrected chi connectivity index (χ2v) is 5.33. The molecule has 2 rings (SSSR count). The van der Waals surface area contributed by atoms with E-state index in [0.717, 1.165) is 5.54 Å². The van der Waals surface area contributed by atoms with Crippen LogP contribution in [0.1, 0.15) is 25.7 Å². The third-order valence-corrected chi connectivity index (χ3v) is 4.62. The van der Waals surface area contributed by atoms with Crippen molar-refractivity contribution in [3.63, 3.8) is 0 Å². The van der Waals surface area contributed by atoms with E-state index >= 15 is 0 Å². The molecule has 0 aromatic heterocycles. The first kappa shape index (κ1) is 10.4. The van der Waals surface area contributed by atoms with Crippen molar-refractivity contribution in [3.05, 3.63) is 23.3 Å². The van der Waals surface area contributed by atoms with Crippen LogP contribution in [0.4, 0.5) is 0 Å². The van der Waals surface area contributed by atoms with Crippen LogP contribution < -0.4 is 0 Å². The zero-order valence-corrected chi connectivity index (χ0v) is 8.68. The molecule has 0 radical (unpaired) electrons. The van der Waals surface area contributed by atoms with Crippen molar-refractivity contribution < 1.29 is 0 Å². The van der Waals surface area contributed by atoms with Crippen LogP contribution in [-0.4, -0.2) is 28.4 Å². The monoisotopic (exact) mass is 172 g/mol. The van der Waals surface area contributed by atoms with Gasteiger partial charge < -0.3 is 0 Å². The van der Waals surface area contributed by atoms with Crippen LogP contribution in [0, 0.1) is 0 Å². The Morgan fingerprint density at radius 3 is 2.83 bits per heavy atom. The van der Waals surface area contributed by atoms with E-state index in [1.54, 1.807) is 5.57 Å². The molecule has 0 heterocycles. The van der Waals surface area contributed by atoms with E-state index in [1.165, 1.54) is 25.7 Å². The molecule has 0 saturated heterocycles. The second-order valence-electron chi connectivity index (χ2n) is 3.63. The van der Waals surface area contributed by atoms with Crippen LogP contribution in [0.2, 0.25) is 12.1 Å². The van der Waals surface area contributed by atoms with E-state index < -0.39 is 0 Å². The summed E-state index contributed by atoms with van der Waals surface area (Å²) in [5.41, 5.74) is 4.48. The summed E-state index contributed by atoms with van der Waals surface area (Å²) < 4.78 is 0. The van der Waals surface area contributed by atoms with Crippen molar-refractivity contribution in [2.45, 2.75) is 37.8 Å². The normalized spacial score (nSPS) is 27.9. The fourth-order valence-corrected chi connectivity index (χ4v) is 3.66. The molecule has 0 aliphatic heterocycles. The van der Waals surface area contributed by atoms with Gasteiger partial charge in [0.2, 0.25) is 0 Å². The van der Waals surface area contributed by atoms with E-state index in [9.17, 15) is 0 Å². The zero-order valence-electron chi connectivity index (χ0n) is 7.27. The molecule has 0 saturated carbocycles. The summed E-state index contributed by atoms with van der Waals surface area (Å²) in [7, 11) is 0.180. The van der Waals surface area contributed by atoms with Crippen LogP contribution in [-0.2, 0) is 0 Å². The van der Waals surface area contributed by atoms with Gasteiger partial charge in [-0.2, -0.15) is 0 Å². The first-order chi connectivity index (χ1) is 5.42. The number of hydrogen-bond acceptors (Lipinski definition) is 0. The fourth-order valence-electron chi connectivity index (χ4n) is 2.30. The summed E-state index contributed by atoms with van der Waals surface area (Å²) in [4.78, 5) is 0. The molecule has 0 spiro atoms. The van der Waals surface area contributed by atoms with Gasteiger partial charge in [0, 0.05) is 9.52 Å². The Morgan fingerprint density at radius 1 is 1.33 bits per heavy atom. The first-order valence-electron chi connectivity index (χ1n) is 4.82. The van der Waals surface area contributed by atoms with E-state index in [0.29, 0.717) is 0 Å². The van der Waals surface area contributed by atoms with E-state index in [4.69, 9.17) is 0 Å². The van der Waals surface area contributed by atoms with Crippen molar-refractivity contribution in [1.29, 1.82) is 0 Å². The number of hydrogen-bond donors (Lipinski definition) is 0. The molecule has 0 amide bonds. The average molecular weight is 172 g/mol. The van der Waals surface area contributed by atoms with E-state index in [1.807, 2.05) is 5.57 Å². The van der Waals surface area contributed by atoms with Crippen molar-refractivity contribution in [2.75, 3.05) is 0 Å². The molecule has 0 aromatic rings. The predicted octanol–water partition coefficient (Wildman–Crippen LogP) is 1.78. The number of rotatable bonds is 1. The summed E-state index contributed by atoms with van der Waals surface area (Å²) in [5, 5.41) is 0. The SMILES string of the molecule is C[SiH2]C1C=CC2=C1CCCC2.[LiH]. The predicted molar refractivity (Wildman–Crippen MR) is 59.9 cm³/mol. The van der Waals surface area contributed by atoms with E-state index in [-0.39, 0.29) is 28.4 Å². The second kappa shape index (κ2) is 4.51. The first-order valence-corrected chi connectivity index (χ1v) is 7.05. The molecular weight excluding hydrogens is 155 g/mol. The molecule has 0 nitrogen and oxygen atoms in total. The molecule has 0 bridgehead atoms. The maximum atomic E-state index is 2.46. The molecule has 0 N–H and O–H groups in total. The van der Waals surface area contributed by atoms with Gasteiger partial charge in [-0.05, 0) is 36.8 Å². The van der Waals surface area contributed by atoms with Crippen LogP contribution in [0.15, 0.2) is 23.3 Å². The Kier molecular flexibility index (Phi) is 3.90. The molecule has 62 valence electrons. The topological polar surface area (TPSA) is 0 Å². The quantitative estimate of drug-likeness (QED) is 0.529. The van der Waals surface area contributed by atoms with Crippen molar-refractivity contribution in [2.24, 2.45) is 0 Å². The molecule has 12 heavy (non-hydrogen) atoms. The summed E-state index contributed by atoms with van der Waals surface area (Å²) in [6.45, 7) is 2.43. The van der Waals surface area contributed by atoms with Crippen LogP contribution in [0.3, 0.4) is 0 Å². The third-order valence-electron chi connectivity index (χ3n) is 2.97. The Labute approximate surface area is 89.5 Å². The minimum atomic E-state index is 0. The summed E-state index contributed by atoms with van der Waals surface area (Å²) in [6.07, 6.45) is 10.5. The fraction of sp³-hybridized carbons (Fsp3) is 0.600. The van der Waals surface area contributed by atoms with Crippen LogP contribution in [0.5, 0.6) is 0 Å². The standard InChI is InChI=1S/C10H16Si.Li.H/c1-11-10-7-6-8-4-2-3-5-9(8)10;;/h6-7,10H,2-5,11H2,1H3;;. The molecule has 0 aromatic carbocycles. The third kappa shape index (κ3) is 1.79. The summed E-state index contributed by atoms with van der Waals surface area (Å²) in [6, 6.07) is 0. The van der Waals surface area contributed by atoms with Gasteiger partial charge in [-0.1, -0.05) is 24.3 Å². The Morgan fingerprint density at radius 2 is 2.08 bits per heavy atom. The van der Waals surface area contributed by atoms with Crippen LogP contribution >= 0.6 is 0 Å². The molecule has 1 unspecified atom stereocenters. The summed E-state index contributed by atoms with van der Waals surface area (Å²) >= 11 is 0.